The van der Waals surface area contributed by atoms with Gasteiger partial charge in [0.25, 0.3) is 5.92 Å². The zero-order chi connectivity index (χ0) is 11.9. The van der Waals surface area contributed by atoms with Crippen LogP contribution in [0.25, 0.3) is 0 Å². The van der Waals surface area contributed by atoms with Crippen molar-refractivity contribution >= 4 is 0 Å². The van der Waals surface area contributed by atoms with Crippen LogP contribution in [-0.2, 0) is 11.3 Å². The predicted octanol–water partition coefficient (Wildman–Crippen LogP) is 4.23. The van der Waals surface area contributed by atoms with Gasteiger partial charge in [0.15, 0.2) is 0 Å². The lowest BCUT2D eigenvalue weighted by atomic mass is 9.85. The Hall–Kier alpha value is -0.990. The fourth-order valence-electron chi connectivity index (χ4n) is 1.33. The maximum Gasteiger partial charge on any atom is 0.273 e. The van der Waals surface area contributed by atoms with Crippen LogP contribution in [-0.4, -0.2) is 0 Å². The van der Waals surface area contributed by atoms with Crippen molar-refractivity contribution in [1.82, 2.24) is 0 Å². The van der Waals surface area contributed by atoms with E-state index in [1.807, 2.05) is 20.8 Å². The maximum atomic E-state index is 13.2. The molecule has 0 atom stereocenters. The largest absolute Gasteiger partial charge is 0.273 e. The first-order valence-electron chi connectivity index (χ1n) is 4.80. The highest BCUT2D eigenvalue weighted by atomic mass is 19.3. The molecule has 0 aliphatic carbocycles. The molecule has 0 saturated carbocycles. The third kappa shape index (κ3) is 2.74. The van der Waals surface area contributed by atoms with E-state index in [4.69, 9.17) is 0 Å². The first kappa shape index (κ1) is 12.1. The van der Waals surface area contributed by atoms with Crippen molar-refractivity contribution in [3.8, 4) is 0 Å². The van der Waals surface area contributed by atoms with Crippen LogP contribution >= 0.6 is 0 Å². The van der Waals surface area contributed by atoms with Crippen LogP contribution in [0.4, 0.5) is 13.2 Å². The summed E-state index contributed by atoms with van der Waals surface area (Å²) in [4.78, 5) is 0. The molecule has 0 amide bonds. The van der Waals surface area contributed by atoms with Crippen molar-refractivity contribution in [2.75, 3.05) is 0 Å². The van der Waals surface area contributed by atoms with Crippen LogP contribution in [0.3, 0.4) is 0 Å². The van der Waals surface area contributed by atoms with Gasteiger partial charge in [0, 0.05) is 6.92 Å². The van der Waals surface area contributed by atoms with Gasteiger partial charge in [0.05, 0.1) is 5.56 Å². The van der Waals surface area contributed by atoms with Gasteiger partial charge in [-0.25, -0.2) is 13.2 Å². The highest BCUT2D eigenvalue weighted by Gasteiger charge is 2.29. The van der Waals surface area contributed by atoms with E-state index in [0.717, 1.165) is 6.07 Å². The zero-order valence-electron chi connectivity index (χ0n) is 9.37. The molecule has 0 unspecified atom stereocenters. The van der Waals surface area contributed by atoms with Gasteiger partial charge in [-0.05, 0) is 23.1 Å². The van der Waals surface area contributed by atoms with Gasteiger partial charge >= 0.3 is 0 Å². The van der Waals surface area contributed by atoms with Gasteiger partial charge in [-0.15, -0.1) is 0 Å². The summed E-state index contributed by atoms with van der Waals surface area (Å²) in [7, 11) is 0. The van der Waals surface area contributed by atoms with Gasteiger partial charge in [-0.1, -0.05) is 26.8 Å². The summed E-state index contributed by atoms with van der Waals surface area (Å²) in [6.45, 7) is 6.41. The topological polar surface area (TPSA) is 0 Å². The SMILES string of the molecule is CC(C)(C)c1ccc(F)c(C(C)(F)F)c1. The monoisotopic (exact) mass is 216 g/mol. The third-order valence-electron chi connectivity index (χ3n) is 2.31. The summed E-state index contributed by atoms with van der Waals surface area (Å²) in [5.74, 6) is -3.98. The van der Waals surface area contributed by atoms with Gasteiger partial charge < -0.3 is 0 Å². The molecule has 0 N–H and O–H groups in total. The van der Waals surface area contributed by atoms with Crippen molar-refractivity contribution in [1.29, 1.82) is 0 Å². The first-order chi connectivity index (χ1) is 6.62. The Balaban J connectivity index is 3.30. The van der Waals surface area contributed by atoms with Crippen LogP contribution in [0.5, 0.6) is 0 Å². The Bertz CT molecular complexity index is 356. The second kappa shape index (κ2) is 3.54. The Morgan fingerprint density at radius 3 is 1.93 bits per heavy atom. The van der Waals surface area contributed by atoms with E-state index in [2.05, 4.69) is 0 Å². The van der Waals surface area contributed by atoms with E-state index in [-0.39, 0.29) is 5.41 Å². The molecule has 0 aromatic heterocycles. The molecular formula is C12H15F3. The summed E-state index contributed by atoms with van der Waals surface area (Å²) < 4.78 is 39.3. The number of alkyl halides is 2. The molecule has 0 spiro atoms. The van der Waals surface area contributed by atoms with Crippen LogP contribution < -0.4 is 0 Å². The normalized spacial score (nSPS) is 13.0. The Labute approximate surface area is 88.1 Å². The van der Waals surface area contributed by atoms with E-state index in [1.165, 1.54) is 6.07 Å². The van der Waals surface area contributed by atoms with Crippen LogP contribution in [0.2, 0.25) is 0 Å². The lowest BCUT2D eigenvalue weighted by molar-refractivity contribution is 0.0136. The molecule has 0 aliphatic rings. The highest BCUT2D eigenvalue weighted by molar-refractivity contribution is 5.32. The Morgan fingerprint density at radius 1 is 1.00 bits per heavy atom. The molecule has 0 heterocycles. The summed E-state index contributed by atoms with van der Waals surface area (Å²) in [6.07, 6.45) is 0. The second-order valence-corrected chi connectivity index (χ2v) is 4.83. The summed E-state index contributed by atoms with van der Waals surface area (Å²) in [5.41, 5.74) is -0.0800. The molecule has 1 rings (SSSR count). The van der Waals surface area contributed by atoms with Crippen molar-refractivity contribution in [2.24, 2.45) is 0 Å². The Morgan fingerprint density at radius 2 is 1.53 bits per heavy atom. The molecular weight excluding hydrogens is 201 g/mol. The number of rotatable bonds is 1. The minimum Gasteiger partial charge on any atom is -0.206 e. The lowest BCUT2D eigenvalue weighted by Gasteiger charge is -2.21. The fraction of sp³-hybridized carbons (Fsp3) is 0.500. The summed E-state index contributed by atoms with van der Waals surface area (Å²) >= 11 is 0. The number of halogens is 3. The summed E-state index contributed by atoms with van der Waals surface area (Å²) in [5, 5.41) is 0. The second-order valence-electron chi connectivity index (χ2n) is 4.83. The van der Waals surface area contributed by atoms with Crippen molar-refractivity contribution in [3.63, 3.8) is 0 Å². The molecule has 0 bridgehead atoms. The lowest BCUT2D eigenvalue weighted by Crippen LogP contribution is -2.16. The van der Waals surface area contributed by atoms with Crippen LogP contribution in [0.15, 0.2) is 18.2 Å². The highest BCUT2D eigenvalue weighted by Crippen LogP contribution is 2.32. The smallest absolute Gasteiger partial charge is 0.206 e. The van der Waals surface area contributed by atoms with Gasteiger partial charge in [0.2, 0.25) is 0 Å². The van der Waals surface area contributed by atoms with Crippen LogP contribution in [0.1, 0.15) is 38.8 Å². The average molecular weight is 216 g/mol. The molecule has 84 valence electrons. The molecule has 3 heteroatoms. The van der Waals surface area contributed by atoms with E-state index >= 15 is 0 Å². The van der Waals surface area contributed by atoms with Crippen molar-refractivity contribution < 1.29 is 13.2 Å². The van der Waals surface area contributed by atoms with Gasteiger partial charge in [-0.3, -0.25) is 0 Å². The van der Waals surface area contributed by atoms with E-state index in [0.29, 0.717) is 12.5 Å². The number of benzene rings is 1. The molecule has 0 aliphatic heterocycles. The molecule has 15 heavy (non-hydrogen) atoms. The Kier molecular flexibility index (Phi) is 2.85. The van der Waals surface area contributed by atoms with Gasteiger partial charge in [0.1, 0.15) is 5.82 Å². The number of hydrogen-bond acceptors (Lipinski definition) is 0. The predicted molar refractivity (Wildman–Crippen MR) is 54.7 cm³/mol. The molecule has 1 aromatic rings. The molecule has 1 aromatic carbocycles. The molecule has 0 saturated heterocycles. The van der Waals surface area contributed by atoms with Crippen LogP contribution in [0, 0.1) is 5.82 Å². The quantitative estimate of drug-likeness (QED) is 0.658. The molecule has 0 fully saturated rings. The standard InChI is InChI=1S/C12H15F3/c1-11(2,3)8-5-6-10(13)9(7-8)12(4,14)15/h5-7H,1-4H3. The van der Waals surface area contributed by atoms with E-state index < -0.39 is 17.3 Å². The molecule has 0 radical (unpaired) electrons. The minimum atomic E-state index is -3.13. The third-order valence-corrected chi connectivity index (χ3v) is 2.31. The van der Waals surface area contributed by atoms with Gasteiger partial charge in [-0.2, -0.15) is 0 Å². The summed E-state index contributed by atoms with van der Waals surface area (Å²) in [6, 6.07) is 3.90. The maximum absolute atomic E-state index is 13.2. The fourth-order valence-corrected chi connectivity index (χ4v) is 1.33. The van der Waals surface area contributed by atoms with Crippen molar-refractivity contribution in [3.05, 3.63) is 35.1 Å². The van der Waals surface area contributed by atoms with E-state index in [9.17, 15) is 13.2 Å². The number of hydrogen-bond donors (Lipinski definition) is 0. The minimum absolute atomic E-state index is 0.256. The van der Waals surface area contributed by atoms with E-state index in [1.54, 1.807) is 6.07 Å². The first-order valence-corrected chi connectivity index (χ1v) is 4.80. The zero-order valence-corrected chi connectivity index (χ0v) is 9.37. The average Bonchev–Trinajstić information content (AvgIpc) is 2.00. The molecule has 0 nitrogen and oxygen atoms in total. The van der Waals surface area contributed by atoms with Crippen molar-refractivity contribution in [2.45, 2.75) is 39.0 Å².